The molecule has 0 spiro atoms. The lowest BCUT2D eigenvalue weighted by molar-refractivity contribution is 0.628. The predicted octanol–water partition coefficient (Wildman–Crippen LogP) is 3.21. The average molecular weight is 324 g/mol. The van der Waals surface area contributed by atoms with Crippen molar-refractivity contribution >= 4 is 33.4 Å². The molecule has 114 valence electrons. The Morgan fingerprint density at radius 3 is 2.61 bits per heavy atom. The molecular formula is C18H13FN2OS. The Kier molecular flexibility index (Phi) is 3.06. The van der Waals surface area contributed by atoms with Crippen molar-refractivity contribution in [2.24, 2.45) is 0 Å². The van der Waals surface area contributed by atoms with Crippen molar-refractivity contribution in [3.05, 3.63) is 73.8 Å². The normalized spacial score (nSPS) is 12.6. The molecule has 0 saturated heterocycles. The van der Waals surface area contributed by atoms with Gasteiger partial charge in [-0.05, 0) is 54.8 Å². The van der Waals surface area contributed by atoms with Crippen LogP contribution in [0.4, 0.5) is 4.39 Å². The lowest BCUT2D eigenvalue weighted by Gasteiger charge is -1.99. The highest BCUT2D eigenvalue weighted by Gasteiger charge is 2.13. The Morgan fingerprint density at radius 2 is 1.87 bits per heavy atom. The topological polar surface area (TPSA) is 34.4 Å². The van der Waals surface area contributed by atoms with Gasteiger partial charge in [0.1, 0.15) is 5.82 Å². The summed E-state index contributed by atoms with van der Waals surface area (Å²) in [7, 11) is 0. The van der Waals surface area contributed by atoms with Gasteiger partial charge in [-0.1, -0.05) is 29.5 Å². The molecule has 5 heteroatoms. The first-order chi connectivity index (χ1) is 11.0. The molecule has 3 nitrogen and oxygen atoms in total. The fourth-order valence-corrected chi connectivity index (χ4v) is 3.66. The third-order valence-electron chi connectivity index (χ3n) is 4.10. The molecule has 0 atom stereocenters. The number of aromatic nitrogens is 2. The smallest absolute Gasteiger partial charge is 0.267 e. The summed E-state index contributed by atoms with van der Waals surface area (Å²) >= 11 is 1.35. The van der Waals surface area contributed by atoms with Crippen LogP contribution in [0.5, 0.6) is 0 Å². The number of benzene rings is 2. The minimum atomic E-state index is -0.290. The van der Waals surface area contributed by atoms with E-state index >= 15 is 0 Å². The number of aryl methyl sites for hydroxylation is 2. The molecule has 0 saturated carbocycles. The fourth-order valence-electron chi connectivity index (χ4n) is 2.68. The maximum atomic E-state index is 13.0. The Bertz CT molecular complexity index is 1160. The van der Waals surface area contributed by atoms with Crippen LogP contribution >= 0.6 is 11.3 Å². The summed E-state index contributed by atoms with van der Waals surface area (Å²) in [4.78, 5) is 18.0. The van der Waals surface area contributed by atoms with Crippen molar-refractivity contribution in [3.63, 3.8) is 0 Å². The van der Waals surface area contributed by atoms with Gasteiger partial charge in [0.25, 0.3) is 5.56 Å². The van der Waals surface area contributed by atoms with Crippen molar-refractivity contribution < 1.29 is 4.39 Å². The highest BCUT2D eigenvalue weighted by molar-refractivity contribution is 7.15. The standard InChI is InChI=1S/C18H13FN2OS/c1-10-3-8-14-16(11(10)2)20-18-21(14)17(22)15(23-18)9-12-4-6-13(19)7-5-12/h3-9H,1-2H3. The number of rotatable bonds is 1. The van der Waals surface area contributed by atoms with Gasteiger partial charge in [-0.2, -0.15) is 0 Å². The number of hydrogen-bond donors (Lipinski definition) is 0. The van der Waals surface area contributed by atoms with E-state index in [1.165, 1.54) is 23.5 Å². The Hall–Kier alpha value is -2.53. The van der Waals surface area contributed by atoms with Crippen molar-refractivity contribution in [3.8, 4) is 0 Å². The van der Waals surface area contributed by atoms with Gasteiger partial charge in [-0.15, -0.1) is 0 Å². The van der Waals surface area contributed by atoms with E-state index in [2.05, 4.69) is 4.98 Å². The van der Waals surface area contributed by atoms with Gasteiger partial charge in [0.05, 0.1) is 15.6 Å². The lowest BCUT2D eigenvalue weighted by Crippen LogP contribution is -2.22. The molecule has 0 aliphatic carbocycles. The largest absolute Gasteiger partial charge is 0.274 e. The number of nitrogens with zero attached hydrogens (tertiary/aromatic N) is 2. The molecule has 0 unspecified atom stereocenters. The molecule has 0 N–H and O–H groups in total. The van der Waals surface area contributed by atoms with Crippen molar-refractivity contribution in [2.45, 2.75) is 13.8 Å². The van der Waals surface area contributed by atoms with Crippen LogP contribution in [0.1, 0.15) is 16.7 Å². The summed E-state index contributed by atoms with van der Waals surface area (Å²) in [6.45, 7) is 4.05. The molecule has 0 fully saturated rings. The zero-order valence-corrected chi connectivity index (χ0v) is 13.4. The molecule has 2 aromatic heterocycles. The third-order valence-corrected chi connectivity index (χ3v) is 5.07. The second-order valence-electron chi connectivity index (χ2n) is 5.57. The molecule has 2 aromatic carbocycles. The Balaban J connectivity index is 2.01. The summed E-state index contributed by atoms with van der Waals surface area (Å²) in [6, 6.07) is 10.0. The van der Waals surface area contributed by atoms with E-state index in [1.807, 2.05) is 26.0 Å². The number of thiazole rings is 1. The van der Waals surface area contributed by atoms with Crippen LogP contribution in [0.15, 0.2) is 41.2 Å². The Labute approximate surface area is 135 Å². The minimum Gasteiger partial charge on any atom is -0.267 e. The zero-order valence-electron chi connectivity index (χ0n) is 12.6. The zero-order chi connectivity index (χ0) is 16.1. The number of imidazole rings is 1. The second kappa shape index (κ2) is 4.99. The summed E-state index contributed by atoms with van der Waals surface area (Å²) in [6.07, 6.45) is 1.77. The van der Waals surface area contributed by atoms with E-state index in [1.54, 1.807) is 22.6 Å². The van der Waals surface area contributed by atoms with Gasteiger partial charge in [-0.3, -0.25) is 4.79 Å². The van der Waals surface area contributed by atoms with Crippen LogP contribution < -0.4 is 10.1 Å². The molecular weight excluding hydrogens is 311 g/mol. The molecule has 23 heavy (non-hydrogen) atoms. The van der Waals surface area contributed by atoms with E-state index in [0.717, 1.165) is 27.7 Å². The molecule has 2 heterocycles. The van der Waals surface area contributed by atoms with Gasteiger partial charge in [-0.25, -0.2) is 13.8 Å². The number of hydrogen-bond acceptors (Lipinski definition) is 3. The van der Waals surface area contributed by atoms with Crippen molar-refractivity contribution in [1.29, 1.82) is 0 Å². The first kappa shape index (κ1) is 14.1. The first-order valence-electron chi connectivity index (χ1n) is 7.23. The summed E-state index contributed by atoms with van der Waals surface area (Å²) in [5, 5.41) is 0. The van der Waals surface area contributed by atoms with Gasteiger partial charge in [0, 0.05) is 0 Å². The minimum absolute atomic E-state index is 0.0833. The van der Waals surface area contributed by atoms with Crippen LogP contribution in [0.25, 0.3) is 22.1 Å². The Morgan fingerprint density at radius 1 is 1.13 bits per heavy atom. The van der Waals surface area contributed by atoms with Crippen LogP contribution in [0.2, 0.25) is 0 Å². The van der Waals surface area contributed by atoms with E-state index in [-0.39, 0.29) is 11.4 Å². The number of fused-ring (bicyclic) bond motifs is 3. The summed E-state index contributed by atoms with van der Waals surface area (Å²) in [5.41, 5.74) is 4.69. The molecule has 0 aliphatic heterocycles. The van der Waals surface area contributed by atoms with E-state index in [4.69, 9.17) is 0 Å². The van der Waals surface area contributed by atoms with Crippen molar-refractivity contribution in [2.75, 3.05) is 0 Å². The quantitative estimate of drug-likeness (QED) is 0.539. The fraction of sp³-hybridized carbons (Fsp3) is 0.111. The summed E-state index contributed by atoms with van der Waals surface area (Å²) in [5.74, 6) is -0.290. The van der Waals surface area contributed by atoms with E-state index in [0.29, 0.717) is 9.49 Å². The summed E-state index contributed by atoms with van der Waals surface area (Å²) < 4.78 is 15.2. The number of halogens is 1. The van der Waals surface area contributed by atoms with Crippen LogP contribution in [0.3, 0.4) is 0 Å². The van der Waals surface area contributed by atoms with Crippen LogP contribution in [-0.2, 0) is 0 Å². The highest BCUT2D eigenvalue weighted by atomic mass is 32.1. The molecule has 4 aromatic rings. The molecule has 0 aliphatic rings. The maximum Gasteiger partial charge on any atom is 0.274 e. The highest BCUT2D eigenvalue weighted by Crippen LogP contribution is 2.22. The van der Waals surface area contributed by atoms with E-state index in [9.17, 15) is 9.18 Å². The molecule has 4 rings (SSSR count). The molecule has 0 amide bonds. The van der Waals surface area contributed by atoms with E-state index < -0.39 is 0 Å². The van der Waals surface area contributed by atoms with Gasteiger partial charge < -0.3 is 0 Å². The molecule has 0 bridgehead atoms. The second-order valence-corrected chi connectivity index (χ2v) is 6.58. The average Bonchev–Trinajstić information content (AvgIpc) is 3.04. The van der Waals surface area contributed by atoms with Crippen LogP contribution in [-0.4, -0.2) is 9.38 Å². The van der Waals surface area contributed by atoms with Gasteiger partial charge >= 0.3 is 0 Å². The third kappa shape index (κ3) is 2.16. The van der Waals surface area contributed by atoms with Crippen molar-refractivity contribution in [1.82, 2.24) is 9.38 Å². The SMILES string of the molecule is Cc1ccc2c(nc3sc(=Cc4ccc(F)cc4)c(=O)n32)c1C. The van der Waals surface area contributed by atoms with Gasteiger partial charge in [0.15, 0.2) is 4.96 Å². The monoisotopic (exact) mass is 324 g/mol. The molecule has 0 radical (unpaired) electrons. The maximum absolute atomic E-state index is 13.0. The first-order valence-corrected chi connectivity index (χ1v) is 8.05. The predicted molar refractivity (Wildman–Crippen MR) is 91.5 cm³/mol. The lowest BCUT2D eigenvalue weighted by atomic mass is 10.1. The van der Waals surface area contributed by atoms with Crippen LogP contribution in [0, 0.1) is 19.7 Å². The van der Waals surface area contributed by atoms with Gasteiger partial charge in [0.2, 0.25) is 0 Å².